The lowest BCUT2D eigenvalue weighted by Gasteiger charge is -2.14. The number of benzene rings is 1. The van der Waals surface area contributed by atoms with E-state index in [0.717, 1.165) is 12.8 Å². The molecule has 3 amide bonds. The molecule has 0 fully saturated rings. The van der Waals surface area contributed by atoms with Crippen molar-refractivity contribution in [2.75, 3.05) is 12.4 Å². The normalized spacial score (nSPS) is 11.6. The van der Waals surface area contributed by atoms with Crippen LogP contribution in [0.3, 0.4) is 0 Å². The molecule has 0 aliphatic rings. The van der Waals surface area contributed by atoms with E-state index in [1.54, 1.807) is 25.2 Å². The molecule has 5 nitrogen and oxygen atoms in total. The molecular weight excluding hydrogens is 278 g/mol. The maximum Gasteiger partial charge on any atom is 0.319 e. The fourth-order valence-corrected chi connectivity index (χ4v) is 1.96. The second-order valence-electron chi connectivity index (χ2n) is 4.56. The minimum atomic E-state index is -0.332. The fraction of sp³-hybridized carbons (Fsp3) is 0.429. The molecule has 110 valence electrons. The maximum absolute atomic E-state index is 11.8. The molecule has 1 aromatic carbocycles. The lowest BCUT2D eigenvalue weighted by Crippen LogP contribution is -2.36. The third kappa shape index (κ3) is 4.74. The third-order valence-corrected chi connectivity index (χ3v) is 3.13. The average Bonchev–Trinajstić information content (AvgIpc) is 2.40. The van der Waals surface area contributed by atoms with Crippen LogP contribution in [0.5, 0.6) is 0 Å². The first kappa shape index (κ1) is 16.3. The molecule has 0 bridgehead atoms. The number of carbonyl (C=O) groups excluding carboxylic acids is 2. The molecule has 0 aliphatic carbocycles. The summed E-state index contributed by atoms with van der Waals surface area (Å²) in [7, 11) is 1.54. The van der Waals surface area contributed by atoms with Crippen molar-refractivity contribution in [2.45, 2.75) is 32.7 Å². The van der Waals surface area contributed by atoms with Crippen molar-refractivity contribution in [3.63, 3.8) is 0 Å². The minimum absolute atomic E-state index is 0.0842. The summed E-state index contributed by atoms with van der Waals surface area (Å²) >= 11 is 6.01. The highest BCUT2D eigenvalue weighted by Crippen LogP contribution is 2.23. The van der Waals surface area contributed by atoms with E-state index in [0.29, 0.717) is 16.3 Å². The number of amides is 3. The Morgan fingerprint density at radius 3 is 2.65 bits per heavy atom. The Morgan fingerprint density at radius 2 is 2.05 bits per heavy atom. The van der Waals surface area contributed by atoms with Gasteiger partial charge in [0.1, 0.15) is 0 Å². The Hall–Kier alpha value is -1.75. The molecule has 0 aliphatic heterocycles. The zero-order valence-corrected chi connectivity index (χ0v) is 12.7. The van der Waals surface area contributed by atoms with Crippen LogP contribution in [-0.4, -0.2) is 25.0 Å². The predicted octanol–water partition coefficient (Wildman–Crippen LogP) is 3.01. The molecule has 0 spiro atoms. The maximum atomic E-state index is 11.8. The molecule has 1 aromatic rings. The molecule has 6 heteroatoms. The summed E-state index contributed by atoms with van der Waals surface area (Å²) in [6, 6.07) is 4.48. The smallest absolute Gasteiger partial charge is 0.319 e. The first-order valence-corrected chi connectivity index (χ1v) is 6.94. The number of halogens is 1. The molecule has 3 N–H and O–H groups in total. The summed E-state index contributed by atoms with van der Waals surface area (Å²) in [4.78, 5) is 23.4. The lowest BCUT2D eigenvalue weighted by molar-refractivity contribution is 0.0963. The van der Waals surface area contributed by atoms with Gasteiger partial charge in [0.25, 0.3) is 5.91 Å². The fourth-order valence-electron chi connectivity index (χ4n) is 1.79. The van der Waals surface area contributed by atoms with Crippen molar-refractivity contribution in [1.29, 1.82) is 0 Å². The van der Waals surface area contributed by atoms with Crippen molar-refractivity contribution in [1.82, 2.24) is 10.6 Å². The molecule has 0 saturated heterocycles. The van der Waals surface area contributed by atoms with Gasteiger partial charge in [-0.15, -0.1) is 0 Å². The van der Waals surface area contributed by atoms with E-state index in [-0.39, 0.29) is 18.0 Å². The van der Waals surface area contributed by atoms with E-state index in [4.69, 9.17) is 11.6 Å². The van der Waals surface area contributed by atoms with Gasteiger partial charge >= 0.3 is 6.03 Å². The Balaban J connectivity index is 2.76. The van der Waals surface area contributed by atoms with Crippen molar-refractivity contribution >= 4 is 29.2 Å². The summed E-state index contributed by atoms with van der Waals surface area (Å²) in [6.07, 6.45) is 1.90. The molecule has 0 radical (unpaired) electrons. The van der Waals surface area contributed by atoms with Crippen LogP contribution in [0.2, 0.25) is 5.02 Å². The molecular formula is C14H20ClN3O2. The highest BCUT2D eigenvalue weighted by molar-refractivity contribution is 6.33. The van der Waals surface area contributed by atoms with E-state index >= 15 is 0 Å². The van der Waals surface area contributed by atoms with Crippen LogP contribution < -0.4 is 16.0 Å². The number of urea groups is 1. The van der Waals surface area contributed by atoms with Crippen LogP contribution >= 0.6 is 11.6 Å². The molecule has 0 heterocycles. The van der Waals surface area contributed by atoms with Crippen LogP contribution in [0.1, 0.15) is 37.0 Å². The van der Waals surface area contributed by atoms with Crippen LogP contribution in [0.25, 0.3) is 0 Å². The van der Waals surface area contributed by atoms with E-state index in [2.05, 4.69) is 22.9 Å². The average molecular weight is 298 g/mol. The Labute approximate surface area is 124 Å². The molecule has 1 rings (SSSR count). The van der Waals surface area contributed by atoms with Crippen LogP contribution in [0, 0.1) is 0 Å². The zero-order valence-electron chi connectivity index (χ0n) is 11.9. The Kier molecular flexibility index (Phi) is 6.31. The van der Waals surface area contributed by atoms with Gasteiger partial charge in [-0.05, 0) is 31.5 Å². The summed E-state index contributed by atoms with van der Waals surface area (Å²) < 4.78 is 0. The van der Waals surface area contributed by atoms with Gasteiger partial charge in [0.05, 0.1) is 10.7 Å². The second kappa shape index (κ2) is 7.75. The first-order chi connectivity index (χ1) is 9.47. The SMILES string of the molecule is CCC[C@H](C)NC(=O)Nc1cc(C(=O)NC)ccc1Cl. The number of hydrogen-bond acceptors (Lipinski definition) is 2. The van der Waals surface area contributed by atoms with Gasteiger partial charge in [0, 0.05) is 18.7 Å². The zero-order chi connectivity index (χ0) is 15.1. The largest absolute Gasteiger partial charge is 0.355 e. The molecule has 0 aromatic heterocycles. The van der Waals surface area contributed by atoms with Crippen molar-refractivity contribution in [2.24, 2.45) is 0 Å². The Morgan fingerprint density at radius 1 is 1.35 bits per heavy atom. The Bertz CT molecular complexity index is 491. The summed E-state index contributed by atoms with van der Waals surface area (Å²) in [5.74, 6) is -0.232. The van der Waals surface area contributed by atoms with Gasteiger partial charge in [-0.3, -0.25) is 4.79 Å². The highest BCUT2D eigenvalue weighted by Gasteiger charge is 2.11. The van der Waals surface area contributed by atoms with Gasteiger partial charge in [-0.1, -0.05) is 24.9 Å². The molecule has 20 heavy (non-hydrogen) atoms. The third-order valence-electron chi connectivity index (χ3n) is 2.80. The lowest BCUT2D eigenvalue weighted by atomic mass is 10.2. The van der Waals surface area contributed by atoms with E-state index in [9.17, 15) is 9.59 Å². The van der Waals surface area contributed by atoms with Crippen LogP contribution in [0.15, 0.2) is 18.2 Å². The number of hydrogen-bond donors (Lipinski definition) is 3. The van der Waals surface area contributed by atoms with Gasteiger partial charge in [-0.25, -0.2) is 4.79 Å². The number of carbonyl (C=O) groups is 2. The summed E-state index contributed by atoms with van der Waals surface area (Å²) in [6.45, 7) is 3.99. The van der Waals surface area contributed by atoms with E-state index < -0.39 is 0 Å². The monoisotopic (exact) mass is 297 g/mol. The van der Waals surface area contributed by atoms with Gasteiger partial charge in [0.2, 0.25) is 0 Å². The first-order valence-electron chi connectivity index (χ1n) is 6.57. The van der Waals surface area contributed by atoms with Gasteiger partial charge in [0.15, 0.2) is 0 Å². The highest BCUT2D eigenvalue weighted by atomic mass is 35.5. The van der Waals surface area contributed by atoms with Crippen LogP contribution in [0.4, 0.5) is 10.5 Å². The summed E-state index contributed by atoms with van der Waals surface area (Å²) in [5.41, 5.74) is 0.850. The van der Waals surface area contributed by atoms with Crippen molar-refractivity contribution in [3.05, 3.63) is 28.8 Å². The summed E-state index contributed by atoms with van der Waals surface area (Å²) in [5, 5.41) is 8.37. The van der Waals surface area contributed by atoms with Gasteiger partial charge in [-0.2, -0.15) is 0 Å². The molecule has 1 atom stereocenters. The van der Waals surface area contributed by atoms with Gasteiger partial charge < -0.3 is 16.0 Å². The molecule has 0 unspecified atom stereocenters. The van der Waals surface area contributed by atoms with Crippen molar-refractivity contribution < 1.29 is 9.59 Å². The number of nitrogens with one attached hydrogen (secondary N) is 3. The van der Waals surface area contributed by atoms with E-state index in [1.165, 1.54) is 0 Å². The van der Waals surface area contributed by atoms with E-state index in [1.807, 2.05) is 6.92 Å². The quantitative estimate of drug-likeness (QED) is 0.782. The standard InChI is InChI=1S/C14H20ClN3O2/c1-4-5-9(2)17-14(20)18-12-8-10(13(19)16-3)6-7-11(12)15/h6-9H,4-5H2,1-3H3,(H,16,19)(H2,17,18,20)/t9-/m0/s1. The van der Waals surface area contributed by atoms with Crippen LogP contribution in [-0.2, 0) is 0 Å². The van der Waals surface area contributed by atoms with Crippen molar-refractivity contribution in [3.8, 4) is 0 Å². The predicted molar refractivity (Wildman–Crippen MR) is 81.4 cm³/mol. The molecule has 0 saturated carbocycles. The second-order valence-corrected chi connectivity index (χ2v) is 4.97. The number of rotatable bonds is 5. The topological polar surface area (TPSA) is 70.2 Å². The minimum Gasteiger partial charge on any atom is -0.355 e. The number of anilines is 1.